The molecule has 1 aliphatic rings. The largest absolute Gasteiger partial charge is 0.512 e. The van der Waals surface area contributed by atoms with Crippen LogP contribution < -0.4 is 10.4 Å². The van der Waals surface area contributed by atoms with Gasteiger partial charge in [-0.1, -0.05) is 139 Å². The first-order valence-electron chi connectivity index (χ1n) is 17.2. The van der Waals surface area contributed by atoms with E-state index in [-0.39, 0.29) is 37.1 Å². The van der Waals surface area contributed by atoms with Gasteiger partial charge in [0.05, 0.1) is 8.07 Å². The Kier molecular flexibility index (Phi) is 9.91. The van der Waals surface area contributed by atoms with E-state index in [0.29, 0.717) is 5.92 Å². The van der Waals surface area contributed by atoms with Crippen LogP contribution in [0, 0.1) is 22.8 Å². The van der Waals surface area contributed by atoms with Crippen molar-refractivity contribution in [3.05, 3.63) is 102 Å². The molecule has 49 heavy (non-hydrogen) atoms. The first-order chi connectivity index (χ1) is 22.5. The van der Waals surface area contributed by atoms with Crippen LogP contribution in [-0.4, -0.2) is 23.9 Å². The summed E-state index contributed by atoms with van der Waals surface area (Å²) in [6.45, 7) is 20.7. The summed E-state index contributed by atoms with van der Waals surface area (Å²) < 4.78 is 0. The van der Waals surface area contributed by atoms with Crippen LogP contribution in [0.4, 0.5) is 0 Å². The fraction of sp³-hybridized carbons (Fsp3) is 0.318. The zero-order chi connectivity index (χ0) is 34.8. The van der Waals surface area contributed by atoms with Gasteiger partial charge in [0, 0.05) is 48.9 Å². The van der Waals surface area contributed by atoms with Gasteiger partial charge in [-0.15, -0.1) is 28.8 Å². The van der Waals surface area contributed by atoms with E-state index in [0.717, 1.165) is 12.1 Å². The number of ketones is 1. The molecule has 1 aromatic heterocycles. The van der Waals surface area contributed by atoms with Crippen LogP contribution >= 0.6 is 0 Å². The van der Waals surface area contributed by atoms with E-state index in [1.807, 2.05) is 47.7 Å². The van der Waals surface area contributed by atoms with E-state index >= 15 is 0 Å². The van der Waals surface area contributed by atoms with Crippen LogP contribution in [0.3, 0.4) is 0 Å². The molecule has 3 nitrogen and oxygen atoms in total. The maximum absolute atomic E-state index is 11.5. The van der Waals surface area contributed by atoms with Crippen molar-refractivity contribution >= 4 is 67.3 Å². The molecule has 1 N–H and O–H groups in total. The SMILES string of the molecule is CC(C)(C)C(=O)/C=C(\O)C(C)(C)C.CC(C)Cc1ccc2ccc3c4ccnc5c4c(cc3c2c1)[Si](C)(C)c1cc2ccccc2[c-]c1-5.[Ir]. The number of carbonyl (C=O) groups is 1. The number of pyridine rings is 1. The van der Waals surface area contributed by atoms with Gasteiger partial charge in [0.2, 0.25) is 0 Å². The van der Waals surface area contributed by atoms with Crippen LogP contribution in [0.25, 0.3) is 54.3 Å². The van der Waals surface area contributed by atoms with E-state index in [4.69, 9.17) is 4.98 Å². The molecule has 0 atom stereocenters. The predicted octanol–water partition coefficient (Wildman–Crippen LogP) is 10.6. The number of allylic oxidation sites excluding steroid dienone is 2. The van der Waals surface area contributed by atoms with Gasteiger partial charge in [-0.3, -0.25) is 9.78 Å². The van der Waals surface area contributed by atoms with Gasteiger partial charge < -0.3 is 5.11 Å². The van der Waals surface area contributed by atoms with E-state index in [1.54, 1.807) is 0 Å². The van der Waals surface area contributed by atoms with Gasteiger partial charge in [-0.05, 0) is 56.3 Å². The fourth-order valence-corrected chi connectivity index (χ4v) is 9.78. The molecular weight excluding hydrogens is 795 g/mol. The molecule has 0 saturated carbocycles. The second kappa shape index (κ2) is 13.2. The topological polar surface area (TPSA) is 50.2 Å². The number of aromatic nitrogens is 1. The summed E-state index contributed by atoms with van der Waals surface area (Å²) in [5, 5.41) is 23.0. The average molecular weight is 843 g/mol. The monoisotopic (exact) mass is 843 g/mol. The molecule has 5 heteroatoms. The summed E-state index contributed by atoms with van der Waals surface area (Å²) in [4.78, 5) is 16.4. The Morgan fingerprint density at radius 1 is 0.816 bits per heavy atom. The van der Waals surface area contributed by atoms with Gasteiger partial charge >= 0.3 is 0 Å². The number of fused-ring (bicyclic) bond motifs is 7. The number of aliphatic hydroxyl groups is 1. The molecule has 6 aromatic rings. The maximum Gasteiger partial charge on any atom is 0.164 e. The van der Waals surface area contributed by atoms with Crippen molar-refractivity contribution in [1.82, 2.24) is 4.98 Å². The van der Waals surface area contributed by atoms with Gasteiger partial charge in [-0.25, -0.2) is 0 Å². The summed E-state index contributed by atoms with van der Waals surface area (Å²) in [6.07, 6.45) is 4.43. The summed E-state index contributed by atoms with van der Waals surface area (Å²) in [7, 11) is -1.99. The van der Waals surface area contributed by atoms with Crippen LogP contribution in [0.2, 0.25) is 13.1 Å². The molecule has 0 bridgehead atoms. The molecule has 2 heterocycles. The normalized spacial score (nSPS) is 14.1. The van der Waals surface area contributed by atoms with Crippen molar-refractivity contribution in [2.75, 3.05) is 0 Å². The molecule has 1 radical (unpaired) electrons. The number of benzene rings is 5. The molecule has 0 saturated heterocycles. The fourth-order valence-electron chi connectivity index (χ4n) is 6.78. The molecule has 5 aromatic carbocycles. The van der Waals surface area contributed by atoms with Crippen molar-refractivity contribution in [2.24, 2.45) is 16.7 Å². The average Bonchev–Trinajstić information content (AvgIpc) is 3.01. The number of carbonyl (C=O) groups excluding carboxylic acids is 1. The van der Waals surface area contributed by atoms with E-state index in [2.05, 4.69) is 106 Å². The zero-order valence-corrected chi connectivity index (χ0v) is 33.9. The minimum atomic E-state index is -1.99. The molecule has 0 amide bonds. The Balaban J connectivity index is 0.000000288. The minimum Gasteiger partial charge on any atom is -0.512 e. The zero-order valence-electron chi connectivity index (χ0n) is 30.5. The van der Waals surface area contributed by atoms with Crippen LogP contribution in [0.5, 0.6) is 0 Å². The quantitative estimate of drug-likeness (QED) is 0.0635. The molecule has 0 fully saturated rings. The van der Waals surface area contributed by atoms with Gasteiger partial charge in [0.1, 0.15) is 5.76 Å². The Morgan fingerprint density at radius 2 is 1.51 bits per heavy atom. The third-order valence-electron chi connectivity index (χ3n) is 9.72. The number of aliphatic hydroxyl groups excluding tert-OH is 1. The molecule has 7 rings (SSSR count). The van der Waals surface area contributed by atoms with E-state index in [1.165, 1.54) is 70.7 Å². The smallest absolute Gasteiger partial charge is 0.164 e. The standard InChI is InChI=1S/C33H28NSi.C11H20O2.Ir/c1-20(2)15-21-9-10-22-11-12-25-26-13-14-34-33-29-17-23-7-5-6-8-24(23)18-30(29)35(3,4)31(32(26)33)19-28(25)27(22)16-21;1-10(2,3)8(12)7-9(13)11(4,5)6;/h5-14,16,18-20H,15H2,1-4H3;7,12H,1-6H3;/q-1;;/b;8-7-;. The molecule has 0 unspecified atom stereocenters. The Hall–Kier alpha value is -3.63. The molecular formula is C44H48IrNO2Si-. The van der Waals surface area contributed by atoms with Crippen LogP contribution in [0.15, 0.2) is 90.8 Å². The molecule has 0 spiro atoms. The summed E-state index contributed by atoms with van der Waals surface area (Å²) in [6, 6.07) is 31.2. The third kappa shape index (κ3) is 6.91. The van der Waals surface area contributed by atoms with E-state index < -0.39 is 13.5 Å². The number of nitrogens with zero attached hydrogens (tertiary/aromatic N) is 1. The first-order valence-corrected chi connectivity index (χ1v) is 20.2. The molecule has 1 aliphatic heterocycles. The van der Waals surface area contributed by atoms with Crippen molar-refractivity contribution < 1.29 is 30.0 Å². The third-order valence-corrected chi connectivity index (χ3v) is 13.2. The Labute approximate surface area is 306 Å². The van der Waals surface area contributed by atoms with Gasteiger partial charge in [-0.2, -0.15) is 0 Å². The number of hydrogen-bond donors (Lipinski definition) is 1. The molecule has 255 valence electrons. The number of rotatable bonds is 3. The summed E-state index contributed by atoms with van der Waals surface area (Å²) in [5.41, 5.74) is 2.96. The number of hydrogen-bond acceptors (Lipinski definition) is 3. The Bertz CT molecular complexity index is 2270. The van der Waals surface area contributed by atoms with Crippen molar-refractivity contribution in [2.45, 2.75) is 74.9 Å². The van der Waals surface area contributed by atoms with Crippen LogP contribution in [0.1, 0.15) is 61.0 Å². The van der Waals surface area contributed by atoms with Crippen molar-refractivity contribution in [1.29, 1.82) is 0 Å². The Morgan fingerprint density at radius 3 is 2.18 bits per heavy atom. The van der Waals surface area contributed by atoms with Crippen molar-refractivity contribution in [3.8, 4) is 11.3 Å². The molecule has 0 aliphatic carbocycles. The minimum absolute atomic E-state index is 0. The van der Waals surface area contributed by atoms with E-state index in [9.17, 15) is 9.90 Å². The summed E-state index contributed by atoms with van der Waals surface area (Å²) >= 11 is 0. The maximum atomic E-state index is 11.5. The predicted molar refractivity (Wildman–Crippen MR) is 208 cm³/mol. The van der Waals surface area contributed by atoms with Crippen molar-refractivity contribution in [3.63, 3.8) is 0 Å². The summed E-state index contributed by atoms with van der Waals surface area (Å²) in [5.74, 6) is 0.749. The van der Waals surface area contributed by atoms with Crippen LogP contribution in [-0.2, 0) is 31.3 Å². The first kappa shape index (κ1) is 36.6. The van der Waals surface area contributed by atoms with Gasteiger partial charge in [0.25, 0.3) is 0 Å². The van der Waals surface area contributed by atoms with Gasteiger partial charge in [0.15, 0.2) is 5.78 Å². The second-order valence-electron chi connectivity index (χ2n) is 16.5. The second-order valence-corrected chi connectivity index (χ2v) is 20.8.